The van der Waals surface area contributed by atoms with E-state index >= 15 is 0 Å². The second-order valence-electron chi connectivity index (χ2n) is 3.70. The Morgan fingerprint density at radius 3 is 2.76 bits per heavy atom. The number of hydrogen-bond acceptors (Lipinski definition) is 7. The van der Waals surface area contributed by atoms with Crippen molar-refractivity contribution in [2.75, 3.05) is 11.9 Å². The van der Waals surface area contributed by atoms with Gasteiger partial charge in [0.2, 0.25) is 0 Å². The number of nitro groups is 1. The number of aromatic nitrogens is 4. The molecule has 0 fully saturated rings. The molecule has 1 heterocycles. The van der Waals surface area contributed by atoms with Gasteiger partial charge in [0.05, 0.1) is 4.92 Å². The molecule has 1 aromatic heterocycles. The molecule has 0 aliphatic heterocycles. The van der Waals surface area contributed by atoms with Crippen molar-refractivity contribution in [2.45, 2.75) is 0 Å². The van der Waals surface area contributed by atoms with Crippen LogP contribution in [0.4, 0.5) is 11.6 Å². The lowest BCUT2D eigenvalue weighted by Crippen LogP contribution is -2.21. The number of non-ortho nitro benzene ring substituents is 1. The number of rotatable bonds is 6. The van der Waals surface area contributed by atoms with Gasteiger partial charge in [0.1, 0.15) is 5.75 Å². The van der Waals surface area contributed by atoms with E-state index in [1.54, 1.807) is 0 Å². The zero-order valence-corrected chi connectivity index (χ0v) is 10.7. The summed E-state index contributed by atoms with van der Waals surface area (Å²) in [5.41, 5.74) is -0.0583. The van der Waals surface area contributed by atoms with Crippen molar-refractivity contribution >= 4 is 23.7 Å². The molecular weight excluding hydrogens is 280 g/mol. The Labute approximate surface area is 118 Å². The zero-order chi connectivity index (χ0) is 15.2. The molecule has 0 atom stereocenters. The second-order valence-corrected chi connectivity index (χ2v) is 3.70. The largest absolute Gasteiger partial charge is 0.484 e. The number of nitro benzene ring substituents is 1. The molecule has 10 heteroatoms. The Morgan fingerprint density at radius 1 is 1.48 bits per heavy atom. The van der Waals surface area contributed by atoms with Crippen molar-refractivity contribution < 1.29 is 14.5 Å². The lowest BCUT2D eigenvalue weighted by atomic mass is 10.3. The van der Waals surface area contributed by atoms with Gasteiger partial charge in [-0.3, -0.25) is 20.2 Å². The molecule has 1 N–H and O–H groups in total. The third-order valence-electron chi connectivity index (χ3n) is 2.26. The van der Waals surface area contributed by atoms with Crippen LogP contribution in [-0.4, -0.2) is 37.6 Å². The van der Waals surface area contributed by atoms with Gasteiger partial charge < -0.3 is 4.74 Å². The molecule has 2 rings (SSSR count). The van der Waals surface area contributed by atoms with Crippen LogP contribution in [0.2, 0.25) is 0 Å². The Morgan fingerprint density at radius 2 is 2.19 bits per heavy atom. The summed E-state index contributed by atoms with van der Waals surface area (Å²) in [4.78, 5) is 22.6. The topological polar surface area (TPSA) is 125 Å². The fourth-order valence-corrected chi connectivity index (χ4v) is 1.33. The standard InChI is InChI=1S/C11H10N6O4/c1-2-16-14-11(13-15-16)12-10(18)7-21-9-5-3-8(4-6-9)17(19)20/h2-6H,1,7H2,(H,12,14,18). The molecule has 1 aromatic carbocycles. The number of nitrogens with zero attached hydrogens (tertiary/aromatic N) is 5. The minimum absolute atomic E-state index is 0.0206. The summed E-state index contributed by atoms with van der Waals surface area (Å²) >= 11 is 0. The van der Waals surface area contributed by atoms with Gasteiger partial charge in [0, 0.05) is 18.3 Å². The fraction of sp³-hybridized carbons (Fsp3) is 0.0909. The number of carbonyl (C=O) groups is 1. The summed E-state index contributed by atoms with van der Waals surface area (Å²) in [5.74, 6) is -0.136. The van der Waals surface area contributed by atoms with Gasteiger partial charge in [-0.25, -0.2) is 0 Å². The Hall–Kier alpha value is -3.30. The highest BCUT2D eigenvalue weighted by Crippen LogP contribution is 2.17. The first kappa shape index (κ1) is 14.1. The smallest absolute Gasteiger partial charge is 0.270 e. The number of anilines is 1. The SMILES string of the molecule is C=Cn1nnc(NC(=O)COc2ccc([N+](=O)[O-])cc2)n1. The van der Waals surface area contributed by atoms with Gasteiger partial charge in [-0.1, -0.05) is 11.7 Å². The van der Waals surface area contributed by atoms with Crippen LogP contribution in [0.1, 0.15) is 0 Å². The van der Waals surface area contributed by atoms with Crippen molar-refractivity contribution in [2.24, 2.45) is 0 Å². The molecular formula is C11H10N6O4. The number of carbonyl (C=O) groups excluding carboxylic acids is 1. The van der Waals surface area contributed by atoms with Gasteiger partial charge in [0.15, 0.2) is 6.61 Å². The van der Waals surface area contributed by atoms with E-state index in [2.05, 4.69) is 27.3 Å². The normalized spacial score (nSPS) is 9.90. The van der Waals surface area contributed by atoms with Crippen molar-refractivity contribution in [1.82, 2.24) is 20.2 Å². The van der Waals surface area contributed by atoms with E-state index in [9.17, 15) is 14.9 Å². The molecule has 0 aliphatic rings. The lowest BCUT2D eigenvalue weighted by Gasteiger charge is -2.04. The Kier molecular flexibility index (Phi) is 4.19. The van der Waals surface area contributed by atoms with Crippen molar-refractivity contribution in [3.05, 3.63) is 41.0 Å². The average Bonchev–Trinajstić information content (AvgIpc) is 2.93. The number of hydrogen-bond donors (Lipinski definition) is 1. The third-order valence-corrected chi connectivity index (χ3v) is 2.26. The maximum absolute atomic E-state index is 11.6. The molecule has 0 bridgehead atoms. The van der Waals surface area contributed by atoms with E-state index in [1.807, 2.05) is 0 Å². The summed E-state index contributed by atoms with van der Waals surface area (Å²) < 4.78 is 5.17. The van der Waals surface area contributed by atoms with Crippen LogP contribution in [0.25, 0.3) is 6.20 Å². The number of ether oxygens (including phenoxy) is 1. The molecule has 0 saturated heterocycles. The molecule has 108 valence electrons. The first-order valence-corrected chi connectivity index (χ1v) is 5.67. The van der Waals surface area contributed by atoms with Crippen LogP contribution in [0.15, 0.2) is 30.8 Å². The first-order chi connectivity index (χ1) is 10.1. The third kappa shape index (κ3) is 3.83. The molecule has 0 radical (unpaired) electrons. The van der Waals surface area contributed by atoms with E-state index in [0.717, 1.165) is 4.80 Å². The molecule has 10 nitrogen and oxygen atoms in total. The first-order valence-electron chi connectivity index (χ1n) is 5.67. The molecule has 2 aromatic rings. The minimum atomic E-state index is -0.523. The summed E-state index contributed by atoms with van der Waals surface area (Å²) in [6.45, 7) is 3.14. The van der Waals surface area contributed by atoms with Crippen molar-refractivity contribution in [3.8, 4) is 5.75 Å². The zero-order valence-electron chi connectivity index (χ0n) is 10.7. The van der Waals surface area contributed by atoms with Crippen LogP contribution in [0.3, 0.4) is 0 Å². The van der Waals surface area contributed by atoms with Crippen LogP contribution >= 0.6 is 0 Å². The number of amides is 1. The molecule has 0 saturated carbocycles. The van der Waals surface area contributed by atoms with Gasteiger partial charge in [-0.15, -0.1) is 9.90 Å². The van der Waals surface area contributed by atoms with E-state index in [-0.39, 0.29) is 18.2 Å². The summed E-state index contributed by atoms with van der Waals surface area (Å²) in [6.07, 6.45) is 1.32. The highest BCUT2D eigenvalue weighted by molar-refractivity contribution is 5.90. The maximum atomic E-state index is 11.6. The van der Waals surface area contributed by atoms with Gasteiger partial charge in [-0.2, -0.15) is 0 Å². The van der Waals surface area contributed by atoms with Crippen LogP contribution < -0.4 is 10.1 Å². The summed E-state index contributed by atoms with van der Waals surface area (Å²) in [7, 11) is 0. The predicted molar refractivity (Wildman–Crippen MR) is 71.4 cm³/mol. The quantitative estimate of drug-likeness (QED) is 0.613. The van der Waals surface area contributed by atoms with E-state index in [1.165, 1.54) is 30.5 Å². The van der Waals surface area contributed by atoms with Crippen LogP contribution in [0.5, 0.6) is 5.75 Å². The highest BCUT2D eigenvalue weighted by atomic mass is 16.6. The highest BCUT2D eigenvalue weighted by Gasteiger charge is 2.09. The summed E-state index contributed by atoms with van der Waals surface area (Å²) in [6, 6.07) is 5.37. The van der Waals surface area contributed by atoms with Crippen molar-refractivity contribution in [1.29, 1.82) is 0 Å². The number of tetrazole rings is 1. The average molecular weight is 290 g/mol. The van der Waals surface area contributed by atoms with Crippen LogP contribution in [0, 0.1) is 10.1 Å². The Bertz CT molecular complexity index is 666. The Balaban J connectivity index is 1.85. The lowest BCUT2D eigenvalue weighted by molar-refractivity contribution is -0.384. The maximum Gasteiger partial charge on any atom is 0.270 e. The van der Waals surface area contributed by atoms with E-state index < -0.39 is 10.8 Å². The number of benzene rings is 1. The number of nitrogens with one attached hydrogen (secondary N) is 1. The molecule has 0 aliphatic carbocycles. The molecule has 0 spiro atoms. The molecule has 21 heavy (non-hydrogen) atoms. The minimum Gasteiger partial charge on any atom is -0.484 e. The molecule has 0 unspecified atom stereocenters. The predicted octanol–water partition coefficient (Wildman–Crippen LogP) is 0.699. The van der Waals surface area contributed by atoms with Crippen molar-refractivity contribution in [3.63, 3.8) is 0 Å². The van der Waals surface area contributed by atoms with E-state index in [0.29, 0.717) is 5.75 Å². The van der Waals surface area contributed by atoms with Gasteiger partial charge in [0.25, 0.3) is 17.5 Å². The van der Waals surface area contributed by atoms with Gasteiger partial charge in [-0.05, 0) is 17.3 Å². The fourth-order valence-electron chi connectivity index (χ4n) is 1.33. The second kappa shape index (κ2) is 6.23. The van der Waals surface area contributed by atoms with Crippen LogP contribution in [-0.2, 0) is 4.79 Å². The monoisotopic (exact) mass is 290 g/mol. The molecule has 1 amide bonds. The summed E-state index contributed by atoms with van der Waals surface area (Å²) in [5, 5.41) is 23.8. The van der Waals surface area contributed by atoms with Gasteiger partial charge >= 0.3 is 0 Å². The van der Waals surface area contributed by atoms with E-state index in [4.69, 9.17) is 4.74 Å².